The van der Waals surface area contributed by atoms with Crippen molar-refractivity contribution < 1.29 is 4.74 Å². The van der Waals surface area contributed by atoms with Gasteiger partial charge in [0.1, 0.15) is 0 Å². The molecule has 1 aliphatic rings. The van der Waals surface area contributed by atoms with E-state index in [1.165, 1.54) is 12.8 Å². The monoisotopic (exact) mass is 287 g/mol. The van der Waals surface area contributed by atoms with Gasteiger partial charge in [0.05, 0.1) is 21.7 Å². The highest BCUT2D eigenvalue weighted by molar-refractivity contribution is 6.42. The molecule has 0 radical (unpaired) electrons. The van der Waals surface area contributed by atoms with Crippen LogP contribution in [0.3, 0.4) is 0 Å². The van der Waals surface area contributed by atoms with E-state index in [1.54, 1.807) is 7.11 Å². The van der Waals surface area contributed by atoms with E-state index in [0.717, 1.165) is 18.4 Å². The first kappa shape index (κ1) is 14.1. The predicted molar refractivity (Wildman–Crippen MR) is 76.5 cm³/mol. The van der Waals surface area contributed by atoms with Gasteiger partial charge in [0.25, 0.3) is 0 Å². The van der Waals surface area contributed by atoms with Crippen molar-refractivity contribution >= 4 is 23.2 Å². The molecule has 1 atom stereocenters. The zero-order chi connectivity index (χ0) is 13.2. The summed E-state index contributed by atoms with van der Waals surface area (Å²) >= 11 is 12.4. The zero-order valence-corrected chi connectivity index (χ0v) is 12.3. The summed E-state index contributed by atoms with van der Waals surface area (Å²) in [6.07, 6.45) is 4.50. The van der Waals surface area contributed by atoms with Crippen molar-refractivity contribution in [3.8, 4) is 0 Å². The minimum atomic E-state index is -0.164. The van der Waals surface area contributed by atoms with Crippen molar-refractivity contribution in [2.24, 2.45) is 0 Å². The maximum absolute atomic E-state index is 6.34. The van der Waals surface area contributed by atoms with E-state index in [2.05, 4.69) is 5.32 Å². The van der Waals surface area contributed by atoms with Gasteiger partial charge in [-0.05, 0) is 31.5 Å². The Hall–Kier alpha value is -0.280. The number of methoxy groups -OCH3 is 1. The molecule has 0 heterocycles. The quantitative estimate of drug-likeness (QED) is 0.896. The van der Waals surface area contributed by atoms with Crippen molar-refractivity contribution in [2.45, 2.75) is 37.3 Å². The molecule has 0 bridgehead atoms. The fourth-order valence-corrected chi connectivity index (χ4v) is 3.45. The molecule has 1 aromatic rings. The molecule has 0 saturated heterocycles. The molecule has 4 heteroatoms. The lowest BCUT2D eigenvalue weighted by Gasteiger charge is -2.37. The average Bonchev–Trinajstić information content (AvgIpc) is 2.85. The van der Waals surface area contributed by atoms with Crippen molar-refractivity contribution in [1.29, 1.82) is 0 Å². The van der Waals surface area contributed by atoms with Crippen LogP contribution < -0.4 is 5.32 Å². The molecular weight excluding hydrogens is 269 g/mol. The van der Waals surface area contributed by atoms with Gasteiger partial charge in [-0.3, -0.25) is 0 Å². The Morgan fingerprint density at radius 3 is 2.50 bits per heavy atom. The summed E-state index contributed by atoms with van der Waals surface area (Å²) in [6, 6.07) is 5.85. The van der Waals surface area contributed by atoms with Gasteiger partial charge in [-0.25, -0.2) is 0 Å². The SMILES string of the molecule is CNC(c1cccc(Cl)c1Cl)C1(OC)CCCC1. The molecule has 1 aromatic carbocycles. The van der Waals surface area contributed by atoms with Gasteiger partial charge in [0, 0.05) is 7.11 Å². The molecule has 100 valence electrons. The van der Waals surface area contributed by atoms with Gasteiger partial charge in [0.15, 0.2) is 0 Å². The van der Waals surface area contributed by atoms with Crippen LogP contribution in [0, 0.1) is 0 Å². The highest BCUT2D eigenvalue weighted by Crippen LogP contribution is 2.44. The topological polar surface area (TPSA) is 21.3 Å². The molecule has 0 spiro atoms. The van der Waals surface area contributed by atoms with Crippen LogP contribution in [0.4, 0.5) is 0 Å². The van der Waals surface area contributed by atoms with E-state index in [9.17, 15) is 0 Å². The maximum atomic E-state index is 6.34. The summed E-state index contributed by atoms with van der Waals surface area (Å²) in [5, 5.41) is 4.57. The highest BCUT2D eigenvalue weighted by Gasteiger charge is 2.42. The lowest BCUT2D eigenvalue weighted by atomic mass is 9.86. The second-order valence-corrected chi connectivity index (χ2v) is 5.63. The highest BCUT2D eigenvalue weighted by atomic mass is 35.5. The molecule has 18 heavy (non-hydrogen) atoms. The lowest BCUT2D eigenvalue weighted by molar-refractivity contribution is -0.0348. The van der Waals surface area contributed by atoms with E-state index in [1.807, 2.05) is 25.2 Å². The van der Waals surface area contributed by atoms with Gasteiger partial charge >= 0.3 is 0 Å². The number of ether oxygens (including phenoxy) is 1. The van der Waals surface area contributed by atoms with Crippen LogP contribution in [0.1, 0.15) is 37.3 Å². The van der Waals surface area contributed by atoms with E-state index >= 15 is 0 Å². The number of rotatable bonds is 4. The normalized spacial score (nSPS) is 20.0. The van der Waals surface area contributed by atoms with Crippen LogP contribution >= 0.6 is 23.2 Å². The van der Waals surface area contributed by atoms with Crippen LogP contribution in [-0.4, -0.2) is 19.8 Å². The average molecular weight is 288 g/mol. The Morgan fingerprint density at radius 2 is 1.94 bits per heavy atom. The molecule has 0 aromatic heterocycles. The Balaban J connectivity index is 2.41. The van der Waals surface area contributed by atoms with Crippen LogP contribution in [0.25, 0.3) is 0 Å². The molecule has 1 N–H and O–H groups in total. The second-order valence-electron chi connectivity index (χ2n) is 4.84. The van der Waals surface area contributed by atoms with Crippen LogP contribution in [-0.2, 0) is 4.74 Å². The minimum Gasteiger partial charge on any atom is -0.376 e. The third-order valence-corrected chi connectivity index (χ3v) is 4.80. The number of nitrogens with one attached hydrogen (secondary N) is 1. The smallest absolute Gasteiger partial charge is 0.0872 e. The minimum absolute atomic E-state index is 0.0798. The third kappa shape index (κ3) is 2.39. The molecule has 1 unspecified atom stereocenters. The molecule has 1 aliphatic carbocycles. The maximum Gasteiger partial charge on any atom is 0.0872 e. The predicted octanol–water partition coefficient (Wildman–Crippen LogP) is 4.21. The number of hydrogen-bond donors (Lipinski definition) is 1. The standard InChI is InChI=1S/C14H19Cl2NO/c1-17-13(14(18-2)8-3-4-9-14)10-6-5-7-11(15)12(10)16/h5-7,13,17H,3-4,8-9H2,1-2H3. The lowest BCUT2D eigenvalue weighted by Crippen LogP contribution is -2.42. The summed E-state index contributed by atoms with van der Waals surface area (Å²) in [7, 11) is 3.73. The van der Waals surface area contributed by atoms with E-state index in [-0.39, 0.29) is 11.6 Å². The number of benzene rings is 1. The third-order valence-electron chi connectivity index (χ3n) is 3.96. The Kier molecular flexibility index (Phi) is 4.54. The van der Waals surface area contributed by atoms with Gasteiger partial charge < -0.3 is 10.1 Å². The fraction of sp³-hybridized carbons (Fsp3) is 0.571. The Bertz CT molecular complexity index is 416. The molecule has 1 saturated carbocycles. The Labute approximate surface area is 119 Å². The van der Waals surface area contributed by atoms with E-state index < -0.39 is 0 Å². The van der Waals surface area contributed by atoms with Crippen LogP contribution in [0.5, 0.6) is 0 Å². The number of likely N-dealkylation sites (N-methyl/N-ethyl adjacent to an activating group) is 1. The van der Waals surface area contributed by atoms with Gasteiger partial charge in [-0.15, -0.1) is 0 Å². The van der Waals surface area contributed by atoms with Gasteiger partial charge in [0.2, 0.25) is 0 Å². The van der Waals surface area contributed by atoms with Crippen molar-refractivity contribution in [2.75, 3.05) is 14.2 Å². The summed E-state index contributed by atoms with van der Waals surface area (Å²) in [4.78, 5) is 0. The van der Waals surface area contributed by atoms with Crippen LogP contribution in [0.2, 0.25) is 10.0 Å². The van der Waals surface area contributed by atoms with Gasteiger partial charge in [-0.1, -0.05) is 48.2 Å². The van der Waals surface area contributed by atoms with Crippen molar-refractivity contribution in [3.05, 3.63) is 33.8 Å². The summed E-state index contributed by atoms with van der Waals surface area (Å²) in [5.41, 5.74) is 0.860. The molecule has 0 aliphatic heterocycles. The molecule has 1 fully saturated rings. The number of halogens is 2. The molecular formula is C14H19Cl2NO. The largest absolute Gasteiger partial charge is 0.376 e. The summed E-state index contributed by atoms with van der Waals surface area (Å²) in [5.74, 6) is 0. The fourth-order valence-electron chi connectivity index (χ4n) is 3.03. The first-order chi connectivity index (χ1) is 8.64. The van der Waals surface area contributed by atoms with Gasteiger partial charge in [-0.2, -0.15) is 0 Å². The van der Waals surface area contributed by atoms with Crippen molar-refractivity contribution in [3.63, 3.8) is 0 Å². The zero-order valence-electron chi connectivity index (χ0n) is 10.8. The Morgan fingerprint density at radius 1 is 1.28 bits per heavy atom. The second kappa shape index (κ2) is 5.79. The first-order valence-electron chi connectivity index (χ1n) is 6.31. The first-order valence-corrected chi connectivity index (χ1v) is 7.06. The molecule has 2 nitrogen and oxygen atoms in total. The summed E-state index contributed by atoms with van der Waals surface area (Å²) < 4.78 is 5.84. The van der Waals surface area contributed by atoms with Crippen LogP contribution in [0.15, 0.2) is 18.2 Å². The van der Waals surface area contributed by atoms with E-state index in [0.29, 0.717) is 10.0 Å². The van der Waals surface area contributed by atoms with Crippen molar-refractivity contribution in [1.82, 2.24) is 5.32 Å². The molecule has 2 rings (SSSR count). The number of hydrogen-bond acceptors (Lipinski definition) is 2. The summed E-state index contributed by atoms with van der Waals surface area (Å²) in [6.45, 7) is 0. The van der Waals surface area contributed by atoms with E-state index in [4.69, 9.17) is 27.9 Å². The molecule has 0 amide bonds.